The summed E-state index contributed by atoms with van der Waals surface area (Å²) >= 11 is 0. The van der Waals surface area contributed by atoms with Gasteiger partial charge in [0, 0.05) is 13.1 Å². The van der Waals surface area contributed by atoms with E-state index in [-0.39, 0.29) is 23.9 Å². The first kappa shape index (κ1) is 42.4. The van der Waals surface area contributed by atoms with Gasteiger partial charge in [0.05, 0.1) is 51.1 Å². The minimum absolute atomic E-state index is 0.0232. The molecule has 0 saturated carbocycles. The monoisotopic (exact) mass is 751 g/mol. The van der Waals surface area contributed by atoms with Gasteiger partial charge in [0.25, 0.3) is 0 Å². The summed E-state index contributed by atoms with van der Waals surface area (Å²) in [6.07, 6.45) is 34.4. The summed E-state index contributed by atoms with van der Waals surface area (Å²) in [5, 5.41) is 6.04. The fraction of sp³-hybridized carbons (Fsp3) is 0.650. The second-order valence-electron chi connectivity index (χ2n) is 15.2. The lowest BCUT2D eigenvalue weighted by Crippen LogP contribution is -2.33. The summed E-state index contributed by atoms with van der Waals surface area (Å²) in [4.78, 5) is 25.3. The molecule has 0 aliphatic carbocycles. The van der Waals surface area contributed by atoms with Gasteiger partial charge in [-0.15, -0.1) is 0 Å². The molecule has 4 unspecified atom stereocenters. The zero-order valence-electron chi connectivity index (χ0n) is 33.5. The van der Waals surface area contributed by atoms with Crippen LogP contribution in [0.2, 0.25) is 0 Å². The van der Waals surface area contributed by atoms with E-state index in [4.69, 9.17) is 11.5 Å². The van der Waals surface area contributed by atoms with Gasteiger partial charge in [-0.2, -0.15) is 0 Å². The summed E-state index contributed by atoms with van der Waals surface area (Å²) < 4.78 is 17.6. The third kappa shape index (κ3) is 14.5. The summed E-state index contributed by atoms with van der Waals surface area (Å²) in [5.74, 6) is 0.0487. The second-order valence-corrected chi connectivity index (χ2v) is 15.2. The number of imidazole rings is 4. The average Bonchev–Trinajstić information content (AvgIpc) is 3.99. The van der Waals surface area contributed by atoms with Crippen molar-refractivity contribution in [2.24, 2.45) is 11.5 Å². The number of amides is 2. The molecule has 4 rings (SSSR count). The molecule has 6 N–H and O–H groups in total. The zero-order valence-corrected chi connectivity index (χ0v) is 33.5. The van der Waals surface area contributed by atoms with Gasteiger partial charge in [-0.3, -0.25) is 9.59 Å². The first-order chi connectivity index (χ1) is 26.1. The molecular formula is C40H70N12O2+4. The van der Waals surface area contributed by atoms with E-state index in [1.807, 2.05) is 6.20 Å². The Morgan fingerprint density at radius 1 is 0.500 bits per heavy atom. The molecule has 4 aromatic heterocycles. The van der Waals surface area contributed by atoms with E-state index in [1.165, 1.54) is 0 Å². The van der Waals surface area contributed by atoms with E-state index in [2.05, 4.69) is 144 Å². The molecular weight excluding hydrogens is 681 g/mol. The molecule has 2 amide bonds. The molecule has 14 heteroatoms. The smallest absolute Gasteiger partial charge is 0.243 e. The highest BCUT2D eigenvalue weighted by Crippen LogP contribution is 2.15. The molecule has 0 saturated heterocycles. The molecule has 0 aliphatic rings. The predicted octanol–water partition coefficient (Wildman–Crippen LogP) is 2.44. The number of nitrogens with two attached hydrogens (primary N) is 2. The maximum atomic E-state index is 12.6. The van der Waals surface area contributed by atoms with Gasteiger partial charge in [-0.1, -0.05) is 0 Å². The maximum absolute atomic E-state index is 12.6. The molecule has 4 aromatic rings. The number of nitrogens with one attached hydrogen (secondary N) is 2. The summed E-state index contributed by atoms with van der Waals surface area (Å²) in [6.45, 7) is 15.0. The second kappa shape index (κ2) is 22.8. The van der Waals surface area contributed by atoms with Crippen LogP contribution in [0.3, 0.4) is 0 Å². The standard InChI is InChI=1S/C40H68N12O2/c1-35(49-25-21-47(31-49)19-8-13-41)11-5-6-17-45-23-27-51(33-45)37(3)29-39(53)43-15-10-16-44-40(54)30-38(4)52-28-24-46(34-52)18-7-12-36(2)50-26-22-48(32-50)20-9-14-42/h21-28,31-38H,5-20,29-30,41-42H2,1-4H3/q+2/p+2. The van der Waals surface area contributed by atoms with Crippen molar-refractivity contribution in [3.63, 3.8) is 0 Å². The Hall–Kier alpha value is -4.30. The van der Waals surface area contributed by atoms with Crippen LogP contribution in [0.1, 0.15) is 116 Å². The molecule has 0 radical (unpaired) electrons. The summed E-state index contributed by atoms with van der Waals surface area (Å²) in [6, 6.07) is 1.02. The molecule has 0 aromatic carbocycles. The van der Waals surface area contributed by atoms with E-state index in [9.17, 15) is 9.59 Å². The van der Waals surface area contributed by atoms with Crippen LogP contribution in [0.5, 0.6) is 0 Å². The van der Waals surface area contributed by atoms with Gasteiger partial charge in [-0.05, 0) is 92.2 Å². The molecule has 54 heavy (non-hydrogen) atoms. The largest absolute Gasteiger partial charge is 0.356 e. The molecule has 0 spiro atoms. The maximum Gasteiger partial charge on any atom is 0.243 e. The van der Waals surface area contributed by atoms with E-state index < -0.39 is 0 Å². The Bertz CT molecular complexity index is 1650. The Labute approximate surface area is 322 Å². The van der Waals surface area contributed by atoms with E-state index >= 15 is 0 Å². The molecule has 0 aliphatic heterocycles. The van der Waals surface area contributed by atoms with Gasteiger partial charge in [0.15, 0.2) is 0 Å². The van der Waals surface area contributed by atoms with Crippen LogP contribution in [0, 0.1) is 0 Å². The Kier molecular flexibility index (Phi) is 17.9. The fourth-order valence-corrected chi connectivity index (χ4v) is 6.80. The molecule has 0 bridgehead atoms. The number of aryl methyl sites for hydroxylation is 4. The lowest BCUT2D eigenvalue weighted by molar-refractivity contribution is -0.697. The molecule has 4 atom stereocenters. The van der Waals surface area contributed by atoms with E-state index in [0.29, 0.717) is 57.5 Å². The van der Waals surface area contributed by atoms with Gasteiger partial charge in [0.1, 0.15) is 61.7 Å². The van der Waals surface area contributed by atoms with Crippen LogP contribution in [-0.2, 0) is 35.8 Å². The number of rotatable bonds is 27. The van der Waals surface area contributed by atoms with Crippen LogP contribution in [0.4, 0.5) is 0 Å². The lowest BCUT2D eigenvalue weighted by Gasteiger charge is -2.11. The van der Waals surface area contributed by atoms with Crippen LogP contribution in [0.25, 0.3) is 0 Å². The van der Waals surface area contributed by atoms with E-state index in [0.717, 1.165) is 71.1 Å². The van der Waals surface area contributed by atoms with Crippen molar-refractivity contribution < 1.29 is 27.9 Å². The van der Waals surface area contributed by atoms with E-state index in [1.54, 1.807) is 0 Å². The van der Waals surface area contributed by atoms with Crippen LogP contribution < -0.4 is 40.4 Å². The highest BCUT2D eigenvalue weighted by atomic mass is 16.2. The van der Waals surface area contributed by atoms with Crippen LogP contribution in [-0.4, -0.2) is 56.3 Å². The Balaban J connectivity index is 1.03. The molecule has 4 heterocycles. The highest BCUT2D eigenvalue weighted by Gasteiger charge is 2.19. The number of hydrogen-bond donors (Lipinski definition) is 4. The van der Waals surface area contributed by atoms with Gasteiger partial charge in [0.2, 0.25) is 37.1 Å². The van der Waals surface area contributed by atoms with Crippen molar-refractivity contribution >= 4 is 11.8 Å². The molecule has 0 fully saturated rings. The summed E-state index contributed by atoms with van der Waals surface area (Å²) in [7, 11) is 0. The normalized spacial score (nSPS) is 13.8. The third-order valence-corrected chi connectivity index (χ3v) is 10.4. The van der Waals surface area contributed by atoms with Crippen LogP contribution >= 0.6 is 0 Å². The lowest BCUT2D eigenvalue weighted by atomic mass is 10.1. The Morgan fingerprint density at radius 2 is 0.852 bits per heavy atom. The quantitative estimate of drug-likeness (QED) is 0.0549. The van der Waals surface area contributed by atoms with Gasteiger partial charge in [-0.25, -0.2) is 36.5 Å². The van der Waals surface area contributed by atoms with Gasteiger partial charge < -0.3 is 22.1 Å². The minimum Gasteiger partial charge on any atom is -0.356 e. The topological polar surface area (TPSA) is 145 Å². The first-order valence-electron chi connectivity index (χ1n) is 20.3. The van der Waals surface area contributed by atoms with Crippen molar-refractivity contribution in [1.29, 1.82) is 0 Å². The number of aromatic nitrogens is 8. The number of carbonyl (C=O) groups is 2. The predicted molar refractivity (Wildman–Crippen MR) is 208 cm³/mol. The highest BCUT2D eigenvalue weighted by molar-refractivity contribution is 5.76. The average molecular weight is 751 g/mol. The third-order valence-electron chi connectivity index (χ3n) is 10.4. The number of carbonyl (C=O) groups excluding carboxylic acids is 2. The number of nitrogens with zero attached hydrogens (tertiary/aromatic N) is 8. The Morgan fingerprint density at radius 3 is 1.26 bits per heavy atom. The summed E-state index contributed by atoms with van der Waals surface area (Å²) in [5.41, 5.74) is 11.3. The van der Waals surface area contributed by atoms with Crippen molar-refractivity contribution in [2.45, 2.75) is 142 Å². The number of hydrogen-bond acceptors (Lipinski definition) is 4. The van der Waals surface area contributed by atoms with Crippen LogP contribution in [0.15, 0.2) is 74.9 Å². The molecule has 298 valence electrons. The first-order valence-corrected chi connectivity index (χ1v) is 20.3. The number of unbranched alkanes of at least 4 members (excludes halogenated alkanes) is 1. The minimum atomic E-state index is 0.0232. The van der Waals surface area contributed by atoms with Gasteiger partial charge >= 0.3 is 0 Å². The van der Waals surface area contributed by atoms with Crippen molar-refractivity contribution in [3.05, 3.63) is 74.9 Å². The fourth-order valence-electron chi connectivity index (χ4n) is 6.80. The molecule has 14 nitrogen and oxygen atoms in total. The van der Waals surface area contributed by atoms with Crippen molar-refractivity contribution in [2.75, 3.05) is 26.2 Å². The van der Waals surface area contributed by atoms with Crippen molar-refractivity contribution in [3.8, 4) is 0 Å². The SMILES string of the molecule is CC(CCCC[n+]1ccn(C(C)CC(=O)NCCCNC(=O)CC(C)n2cc[n+](CCCC(C)n3cc[n+](CCCN)c3)c2)c1)n1cc[n+](CCCN)c1. The van der Waals surface area contributed by atoms with Crippen molar-refractivity contribution in [1.82, 2.24) is 28.9 Å². The zero-order chi connectivity index (χ0) is 38.7.